The van der Waals surface area contributed by atoms with Gasteiger partial charge in [0.15, 0.2) is 0 Å². The first-order chi connectivity index (χ1) is 13.4. The van der Waals surface area contributed by atoms with E-state index in [0.29, 0.717) is 6.54 Å². The Balaban J connectivity index is 1.44. The van der Waals surface area contributed by atoms with Crippen molar-refractivity contribution in [2.45, 2.75) is 24.8 Å². The van der Waals surface area contributed by atoms with E-state index in [-0.39, 0.29) is 23.8 Å². The number of aryl methyl sites for hydroxylation is 1. The molecular weight excluding hydrogens is 376 g/mol. The summed E-state index contributed by atoms with van der Waals surface area (Å²) in [7, 11) is -3.60. The van der Waals surface area contributed by atoms with E-state index in [4.69, 9.17) is 0 Å². The number of carbonyl (C=O) groups excluding carboxylic acids is 1. The fraction of sp³-hybridized carbons (Fsp3) is 0.200. The molecule has 0 saturated carbocycles. The van der Waals surface area contributed by atoms with Crippen LogP contribution in [0.3, 0.4) is 0 Å². The predicted molar refractivity (Wildman–Crippen MR) is 107 cm³/mol. The second-order valence-corrected chi connectivity index (χ2v) is 8.17. The number of sulfonamides is 1. The quantitative estimate of drug-likeness (QED) is 0.542. The number of amides is 1. The lowest BCUT2D eigenvalue weighted by atomic mass is 10.1. The van der Waals surface area contributed by atoms with E-state index < -0.39 is 10.0 Å². The average Bonchev–Trinajstić information content (AvgIpc) is 3.22. The van der Waals surface area contributed by atoms with Crippen LogP contribution in [0.4, 0.5) is 0 Å². The Morgan fingerprint density at radius 3 is 2.39 bits per heavy atom. The molecule has 7 nitrogen and oxygen atoms in total. The molecule has 0 spiro atoms. The van der Waals surface area contributed by atoms with Gasteiger partial charge in [-0.15, -0.1) is 0 Å². The molecule has 0 fully saturated rings. The molecule has 0 aliphatic rings. The summed E-state index contributed by atoms with van der Waals surface area (Å²) in [4.78, 5) is 12.2. The molecule has 0 radical (unpaired) electrons. The molecule has 0 saturated heterocycles. The summed E-state index contributed by atoms with van der Waals surface area (Å²) in [5.41, 5.74) is 3.88. The van der Waals surface area contributed by atoms with E-state index in [1.54, 1.807) is 30.5 Å². The Morgan fingerprint density at radius 1 is 1.04 bits per heavy atom. The molecule has 1 amide bonds. The summed E-state index contributed by atoms with van der Waals surface area (Å²) in [5, 5.41) is 9.61. The smallest absolute Gasteiger partial charge is 0.240 e. The van der Waals surface area contributed by atoms with Crippen molar-refractivity contribution in [1.29, 1.82) is 0 Å². The first kappa shape index (κ1) is 19.8. The Labute approximate surface area is 164 Å². The number of aromatic amines is 1. The average molecular weight is 398 g/mol. The number of aromatic nitrogens is 2. The molecule has 146 valence electrons. The molecule has 0 bridgehead atoms. The van der Waals surface area contributed by atoms with Crippen LogP contribution in [0, 0.1) is 6.92 Å². The Morgan fingerprint density at radius 2 is 1.75 bits per heavy atom. The molecule has 1 heterocycles. The molecule has 3 N–H and O–H groups in total. The highest BCUT2D eigenvalue weighted by Gasteiger charge is 2.13. The molecule has 3 aromatic rings. The fourth-order valence-electron chi connectivity index (χ4n) is 2.61. The van der Waals surface area contributed by atoms with Crippen molar-refractivity contribution in [2.24, 2.45) is 0 Å². The number of H-pyrrole nitrogens is 1. The zero-order valence-corrected chi connectivity index (χ0v) is 16.3. The van der Waals surface area contributed by atoms with Gasteiger partial charge in [0.05, 0.1) is 10.6 Å². The van der Waals surface area contributed by atoms with Gasteiger partial charge in [-0.25, -0.2) is 13.1 Å². The molecule has 0 atom stereocenters. The largest absolute Gasteiger partial charge is 0.352 e. The fourth-order valence-corrected chi connectivity index (χ4v) is 3.64. The molecule has 28 heavy (non-hydrogen) atoms. The lowest BCUT2D eigenvalue weighted by molar-refractivity contribution is -0.121. The summed E-state index contributed by atoms with van der Waals surface area (Å²) in [5.74, 6) is -0.218. The van der Waals surface area contributed by atoms with Gasteiger partial charge in [-0.2, -0.15) is 5.10 Å². The molecule has 0 aliphatic heterocycles. The number of nitrogens with one attached hydrogen (secondary N) is 3. The zero-order chi connectivity index (χ0) is 20.0. The lowest BCUT2D eigenvalue weighted by Crippen LogP contribution is -2.30. The summed E-state index contributed by atoms with van der Waals surface area (Å²) >= 11 is 0. The van der Waals surface area contributed by atoms with Crippen LogP contribution in [0.25, 0.3) is 11.3 Å². The van der Waals surface area contributed by atoms with Gasteiger partial charge in [0.2, 0.25) is 15.9 Å². The van der Waals surface area contributed by atoms with E-state index in [9.17, 15) is 13.2 Å². The van der Waals surface area contributed by atoms with Gasteiger partial charge < -0.3 is 5.32 Å². The van der Waals surface area contributed by atoms with E-state index in [1.165, 1.54) is 0 Å². The van der Waals surface area contributed by atoms with Crippen LogP contribution < -0.4 is 10.0 Å². The highest BCUT2D eigenvalue weighted by atomic mass is 32.2. The van der Waals surface area contributed by atoms with Crippen molar-refractivity contribution in [2.75, 3.05) is 6.54 Å². The van der Waals surface area contributed by atoms with Crippen LogP contribution >= 0.6 is 0 Å². The number of nitrogens with zero attached hydrogens (tertiary/aromatic N) is 1. The number of rotatable bonds is 8. The van der Waals surface area contributed by atoms with Crippen LogP contribution in [-0.4, -0.2) is 31.1 Å². The number of hydrogen-bond acceptors (Lipinski definition) is 4. The van der Waals surface area contributed by atoms with Gasteiger partial charge in [0.1, 0.15) is 0 Å². The zero-order valence-electron chi connectivity index (χ0n) is 15.5. The maximum Gasteiger partial charge on any atom is 0.240 e. The highest BCUT2D eigenvalue weighted by molar-refractivity contribution is 7.89. The summed E-state index contributed by atoms with van der Waals surface area (Å²) < 4.78 is 26.8. The van der Waals surface area contributed by atoms with Crippen molar-refractivity contribution in [3.8, 4) is 11.3 Å². The normalized spacial score (nSPS) is 11.3. The third kappa shape index (κ3) is 5.28. The van der Waals surface area contributed by atoms with E-state index in [2.05, 4.69) is 20.2 Å². The van der Waals surface area contributed by atoms with Crippen LogP contribution in [-0.2, 0) is 21.4 Å². The molecule has 1 aromatic heterocycles. The monoisotopic (exact) mass is 398 g/mol. The molecule has 0 unspecified atom stereocenters. The van der Waals surface area contributed by atoms with Gasteiger partial charge in [0, 0.05) is 25.7 Å². The Hall–Kier alpha value is -2.97. The first-order valence-corrected chi connectivity index (χ1v) is 10.3. The lowest BCUT2D eigenvalue weighted by Gasteiger charge is -2.08. The van der Waals surface area contributed by atoms with Crippen molar-refractivity contribution in [3.63, 3.8) is 0 Å². The van der Waals surface area contributed by atoms with Crippen molar-refractivity contribution in [1.82, 2.24) is 20.2 Å². The van der Waals surface area contributed by atoms with Crippen molar-refractivity contribution in [3.05, 3.63) is 71.9 Å². The van der Waals surface area contributed by atoms with Crippen LogP contribution in [0.5, 0.6) is 0 Å². The third-order valence-electron chi connectivity index (χ3n) is 4.23. The SMILES string of the molecule is Cc1ccc(S(=O)(=O)NCCC(=O)NCc2ccc(-c3ccn[nH]3)cc2)cc1. The summed E-state index contributed by atoms with van der Waals surface area (Å²) in [6.45, 7) is 2.31. The second kappa shape index (κ2) is 8.81. The molecule has 3 rings (SSSR count). The third-order valence-corrected chi connectivity index (χ3v) is 5.71. The summed E-state index contributed by atoms with van der Waals surface area (Å²) in [6, 6.07) is 16.2. The highest BCUT2D eigenvalue weighted by Crippen LogP contribution is 2.16. The number of carbonyl (C=O) groups is 1. The Bertz CT molecular complexity index is 1010. The van der Waals surface area contributed by atoms with Crippen LogP contribution in [0.1, 0.15) is 17.5 Å². The maximum atomic E-state index is 12.2. The Kier molecular flexibility index (Phi) is 6.23. The minimum absolute atomic E-state index is 0.0425. The first-order valence-electron chi connectivity index (χ1n) is 8.86. The topological polar surface area (TPSA) is 104 Å². The maximum absolute atomic E-state index is 12.2. The second-order valence-electron chi connectivity index (χ2n) is 6.40. The predicted octanol–water partition coefficient (Wildman–Crippen LogP) is 2.37. The standard InChI is InChI=1S/C20H22N4O3S/c1-15-2-8-18(9-3-15)28(26,27)23-13-11-20(25)21-14-16-4-6-17(7-5-16)19-10-12-22-24-19/h2-10,12,23H,11,13-14H2,1H3,(H,21,25)(H,22,24). The van der Waals surface area contributed by atoms with E-state index in [0.717, 1.165) is 22.4 Å². The number of benzene rings is 2. The minimum Gasteiger partial charge on any atom is -0.352 e. The van der Waals surface area contributed by atoms with Gasteiger partial charge in [-0.1, -0.05) is 42.0 Å². The molecular formula is C20H22N4O3S. The van der Waals surface area contributed by atoms with E-state index in [1.807, 2.05) is 37.3 Å². The van der Waals surface area contributed by atoms with Crippen molar-refractivity contribution >= 4 is 15.9 Å². The molecule has 8 heteroatoms. The number of hydrogen-bond donors (Lipinski definition) is 3. The van der Waals surface area contributed by atoms with E-state index >= 15 is 0 Å². The van der Waals surface area contributed by atoms with Gasteiger partial charge >= 0.3 is 0 Å². The van der Waals surface area contributed by atoms with Gasteiger partial charge in [0.25, 0.3) is 0 Å². The molecule has 0 aliphatic carbocycles. The van der Waals surface area contributed by atoms with Crippen molar-refractivity contribution < 1.29 is 13.2 Å². The molecule has 2 aromatic carbocycles. The van der Waals surface area contributed by atoms with Gasteiger partial charge in [-0.3, -0.25) is 9.89 Å². The minimum atomic E-state index is -3.60. The van der Waals surface area contributed by atoms with Crippen LogP contribution in [0.2, 0.25) is 0 Å². The van der Waals surface area contributed by atoms with Gasteiger partial charge in [-0.05, 0) is 36.2 Å². The van der Waals surface area contributed by atoms with Crippen LogP contribution in [0.15, 0.2) is 65.7 Å². The summed E-state index contributed by atoms with van der Waals surface area (Å²) in [6.07, 6.45) is 1.76.